The van der Waals surface area contributed by atoms with E-state index in [2.05, 4.69) is 74.7 Å². The maximum atomic E-state index is 13.1. The third kappa shape index (κ3) is 38.5. The summed E-state index contributed by atoms with van der Waals surface area (Å²) >= 11 is 0. The van der Waals surface area contributed by atoms with Crippen molar-refractivity contribution in [2.24, 2.45) is 0 Å². The van der Waals surface area contributed by atoms with Gasteiger partial charge in [0.15, 0.2) is 0 Å². The van der Waals surface area contributed by atoms with Crippen LogP contribution in [0.25, 0.3) is 0 Å². The summed E-state index contributed by atoms with van der Waals surface area (Å²) in [5.74, 6) is -0.508. The molecule has 6 nitrogen and oxygen atoms in total. The molecule has 0 aromatic carbocycles. The van der Waals surface area contributed by atoms with E-state index >= 15 is 0 Å². The standard InChI is InChI=1S/C49H89NO5/c1-4-7-10-13-16-19-21-23-24-25-26-28-30-33-36-39-42-49(54)55-45(40-37-34-31-18-15-12-9-6-3)43-48(53)50-46(44-51)47(52)41-38-35-32-29-27-22-20-17-14-11-8-5-2/h7,10,12,15-16,19,23-24,45-47,51-52H,4-6,8-9,11,13-14,17-18,20-22,25-44H2,1-3H3,(H,50,53)/b10-7+,15-12-,19-16+,24-23+. The summed E-state index contributed by atoms with van der Waals surface area (Å²) in [6.07, 6.45) is 50.3. The number of allylic oxidation sites excluding steroid dienone is 8. The van der Waals surface area contributed by atoms with Crippen LogP contribution in [-0.2, 0) is 14.3 Å². The van der Waals surface area contributed by atoms with Crippen molar-refractivity contribution >= 4 is 11.9 Å². The predicted octanol–water partition coefficient (Wildman–Crippen LogP) is 13.5. The quantitative estimate of drug-likeness (QED) is 0.0327. The zero-order valence-corrected chi connectivity index (χ0v) is 36.3. The molecule has 0 radical (unpaired) electrons. The fraction of sp³-hybridized carbons (Fsp3) is 0.796. The first-order chi connectivity index (χ1) is 27.0. The van der Waals surface area contributed by atoms with Gasteiger partial charge in [0.2, 0.25) is 5.91 Å². The molecule has 0 aliphatic heterocycles. The molecule has 55 heavy (non-hydrogen) atoms. The Morgan fingerprint density at radius 1 is 0.545 bits per heavy atom. The number of ether oxygens (including phenoxy) is 1. The van der Waals surface area contributed by atoms with Crippen molar-refractivity contribution in [2.75, 3.05) is 6.61 Å². The van der Waals surface area contributed by atoms with Crippen LogP contribution in [0.1, 0.15) is 226 Å². The fourth-order valence-corrected chi connectivity index (χ4v) is 6.86. The lowest BCUT2D eigenvalue weighted by molar-refractivity contribution is -0.151. The van der Waals surface area contributed by atoms with E-state index in [4.69, 9.17) is 4.74 Å². The van der Waals surface area contributed by atoms with Gasteiger partial charge in [0, 0.05) is 6.42 Å². The number of hydrogen-bond donors (Lipinski definition) is 3. The number of unbranched alkanes of at least 4 members (excludes halogenated alkanes) is 21. The molecule has 0 saturated heterocycles. The van der Waals surface area contributed by atoms with Gasteiger partial charge in [0.25, 0.3) is 0 Å². The lowest BCUT2D eigenvalue weighted by Crippen LogP contribution is -2.46. The first-order valence-corrected chi connectivity index (χ1v) is 23.4. The molecular weight excluding hydrogens is 683 g/mol. The van der Waals surface area contributed by atoms with Gasteiger partial charge in [-0.3, -0.25) is 9.59 Å². The number of rotatable bonds is 41. The highest BCUT2D eigenvalue weighted by atomic mass is 16.5. The molecule has 0 aliphatic rings. The van der Waals surface area contributed by atoms with Gasteiger partial charge in [0.05, 0.1) is 25.2 Å². The van der Waals surface area contributed by atoms with Gasteiger partial charge in [-0.1, -0.05) is 185 Å². The third-order valence-electron chi connectivity index (χ3n) is 10.4. The fourth-order valence-electron chi connectivity index (χ4n) is 6.86. The summed E-state index contributed by atoms with van der Waals surface area (Å²) < 4.78 is 5.88. The van der Waals surface area contributed by atoms with Crippen LogP contribution in [-0.4, -0.2) is 46.9 Å². The Balaban J connectivity index is 4.49. The Labute approximate surface area is 340 Å². The van der Waals surface area contributed by atoms with Crippen LogP contribution in [0.5, 0.6) is 0 Å². The summed E-state index contributed by atoms with van der Waals surface area (Å²) in [4.78, 5) is 25.9. The van der Waals surface area contributed by atoms with E-state index in [1.807, 2.05) is 0 Å². The molecule has 320 valence electrons. The predicted molar refractivity (Wildman–Crippen MR) is 236 cm³/mol. The molecule has 3 unspecified atom stereocenters. The van der Waals surface area contributed by atoms with E-state index in [1.54, 1.807) is 0 Å². The average Bonchev–Trinajstić information content (AvgIpc) is 3.18. The highest BCUT2D eigenvalue weighted by Crippen LogP contribution is 2.17. The first-order valence-electron chi connectivity index (χ1n) is 23.4. The second-order valence-electron chi connectivity index (χ2n) is 15.8. The van der Waals surface area contributed by atoms with Gasteiger partial charge in [-0.05, 0) is 77.0 Å². The molecule has 0 aromatic heterocycles. The number of nitrogens with one attached hydrogen (secondary N) is 1. The van der Waals surface area contributed by atoms with Gasteiger partial charge in [0.1, 0.15) is 6.10 Å². The van der Waals surface area contributed by atoms with Gasteiger partial charge in [-0.15, -0.1) is 0 Å². The topological polar surface area (TPSA) is 95.9 Å². The third-order valence-corrected chi connectivity index (χ3v) is 10.4. The summed E-state index contributed by atoms with van der Waals surface area (Å²) in [7, 11) is 0. The number of esters is 1. The molecule has 6 heteroatoms. The Morgan fingerprint density at radius 3 is 1.60 bits per heavy atom. The van der Waals surface area contributed by atoms with Crippen LogP contribution in [0.3, 0.4) is 0 Å². The largest absolute Gasteiger partial charge is 0.462 e. The molecule has 0 spiro atoms. The van der Waals surface area contributed by atoms with Crippen LogP contribution in [0.4, 0.5) is 0 Å². The molecular formula is C49H89NO5. The second-order valence-corrected chi connectivity index (χ2v) is 15.8. The summed E-state index contributed by atoms with van der Waals surface area (Å²) in [6, 6.07) is -0.706. The average molecular weight is 772 g/mol. The minimum atomic E-state index is -0.791. The highest BCUT2D eigenvalue weighted by Gasteiger charge is 2.24. The summed E-state index contributed by atoms with van der Waals surface area (Å²) in [5, 5.41) is 23.6. The molecule has 3 atom stereocenters. The Hall–Kier alpha value is -2.18. The SMILES string of the molecule is CC/C=C/C/C=C/C/C=C/CCCCCCCCC(=O)OC(CCCCC/C=C\CCC)CC(=O)NC(CO)C(O)CCCCCCCCCCCCCC. The summed E-state index contributed by atoms with van der Waals surface area (Å²) in [5.41, 5.74) is 0. The summed E-state index contributed by atoms with van der Waals surface area (Å²) in [6.45, 7) is 6.28. The lowest BCUT2D eigenvalue weighted by Gasteiger charge is -2.24. The van der Waals surface area contributed by atoms with Crippen LogP contribution < -0.4 is 5.32 Å². The Bertz CT molecular complexity index is 957. The number of hydrogen-bond acceptors (Lipinski definition) is 5. The zero-order chi connectivity index (χ0) is 40.3. The molecule has 0 aliphatic carbocycles. The molecule has 3 N–H and O–H groups in total. The van der Waals surface area contributed by atoms with E-state index in [-0.39, 0.29) is 24.9 Å². The molecule has 0 fully saturated rings. The van der Waals surface area contributed by atoms with Crippen molar-refractivity contribution in [2.45, 2.75) is 244 Å². The minimum Gasteiger partial charge on any atom is -0.462 e. The van der Waals surface area contributed by atoms with Crippen LogP contribution in [0.15, 0.2) is 48.6 Å². The van der Waals surface area contributed by atoms with Crippen LogP contribution in [0, 0.1) is 0 Å². The maximum Gasteiger partial charge on any atom is 0.306 e. The van der Waals surface area contributed by atoms with Crippen molar-refractivity contribution in [3.05, 3.63) is 48.6 Å². The molecule has 1 amide bonds. The minimum absolute atomic E-state index is 0.0605. The number of carbonyl (C=O) groups is 2. The number of aliphatic hydroxyl groups is 2. The lowest BCUT2D eigenvalue weighted by atomic mass is 10.0. The molecule has 0 saturated carbocycles. The highest BCUT2D eigenvalue weighted by molar-refractivity contribution is 5.77. The molecule has 0 bridgehead atoms. The van der Waals surface area contributed by atoms with Gasteiger partial charge in [-0.2, -0.15) is 0 Å². The van der Waals surface area contributed by atoms with Crippen molar-refractivity contribution in [3.63, 3.8) is 0 Å². The van der Waals surface area contributed by atoms with Gasteiger partial charge < -0.3 is 20.3 Å². The van der Waals surface area contributed by atoms with Crippen molar-refractivity contribution in [1.29, 1.82) is 0 Å². The Morgan fingerprint density at radius 2 is 1.02 bits per heavy atom. The van der Waals surface area contributed by atoms with Gasteiger partial charge in [-0.25, -0.2) is 0 Å². The number of amides is 1. The molecule has 0 rings (SSSR count). The van der Waals surface area contributed by atoms with E-state index in [0.29, 0.717) is 19.3 Å². The van der Waals surface area contributed by atoms with E-state index in [9.17, 15) is 19.8 Å². The molecule has 0 aromatic rings. The van der Waals surface area contributed by atoms with E-state index < -0.39 is 18.2 Å². The monoisotopic (exact) mass is 772 g/mol. The first kappa shape index (κ1) is 52.8. The maximum absolute atomic E-state index is 13.1. The van der Waals surface area contributed by atoms with Crippen molar-refractivity contribution in [1.82, 2.24) is 5.32 Å². The van der Waals surface area contributed by atoms with Gasteiger partial charge >= 0.3 is 5.97 Å². The molecule has 0 heterocycles. The number of carbonyl (C=O) groups excluding carboxylic acids is 2. The Kier molecular flexibility index (Phi) is 41.2. The van der Waals surface area contributed by atoms with Crippen molar-refractivity contribution in [3.8, 4) is 0 Å². The smallest absolute Gasteiger partial charge is 0.306 e. The van der Waals surface area contributed by atoms with Crippen LogP contribution >= 0.6 is 0 Å². The van der Waals surface area contributed by atoms with Crippen LogP contribution in [0.2, 0.25) is 0 Å². The van der Waals surface area contributed by atoms with E-state index in [0.717, 1.165) is 103 Å². The van der Waals surface area contributed by atoms with E-state index in [1.165, 1.54) is 77.0 Å². The normalized spacial score (nSPS) is 13.8. The number of aliphatic hydroxyl groups excluding tert-OH is 2. The zero-order valence-electron chi connectivity index (χ0n) is 36.3. The second kappa shape index (κ2) is 43.0. The van der Waals surface area contributed by atoms with Crippen molar-refractivity contribution < 1.29 is 24.5 Å².